The van der Waals surface area contributed by atoms with E-state index >= 15 is 0 Å². The van der Waals surface area contributed by atoms with Crippen LogP contribution in [0.2, 0.25) is 10.0 Å². The number of hydrogen-bond acceptors (Lipinski definition) is 2. The standard InChI is InChI=1S/C25H38Cl5N3OS/c1-2-3-4-5-6-7-8-9-10-11-12-13-14-15-22(34)32-23(25(28,29)30)33-24(35)31-21-18-19(26)16-17-20(21)27/h16-18,23H,2-15H2,1H3,(H,32,34)(H2,31,33,35). The van der Waals surface area contributed by atoms with Crippen LogP contribution in [0.4, 0.5) is 5.69 Å². The van der Waals surface area contributed by atoms with Gasteiger partial charge in [0, 0.05) is 11.4 Å². The maximum atomic E-state index is 12.4. The minimum Gasteiger partial charge on any atom is -0.339 e. The van der Waals surface area contributed by atoms with Crippen LogP contribution in [0.5, 0.6) is 0 Å². The zero-order chi connectivity index (χ0) is 26.1. The van der Waals surface area contributed by atoms with Crippen LogP contribution in [-0.2, 0) is 4.79 Å². The molecule has 35 heavy (non-hydrogen) atoms. The quantitative estimate of drug-likeness (QED) is 0.0716. The maximum absolute atomic E-state index is 12.4. The molecule has 200 valence electrons. The number of anilines is 1. The van der Waals surface area contributed by atoms with Gasteiger partial charge < -0.3 is 16.0 Å². The van der Waals surface area contributed by atoms with E-state index in [0.29, 0.717) is 22.2 Å². The Morgan fingerprint density at radius 1 is 0.857 bits per heavy atom. The van der Waals surface area contributed by atoms with E-state index in [1.807, 2.05) is 0 Å². The van der Waals surface area contributed by atoms with Crippen LogP contribution in [0, 0.1) is 0 Å². The van der Waals surface area contributed by atoms with Gasteiger partial charge in [0.15, 0.2) is 5.11 Å². The van der Waals surface area contributed by atoms with Gasteiger partial charge in [0.05, 0.1) is 10.7 Å². The number of benzene rings is 1. The second-order valence-corrected chi connectivity index (χ2v) is 12.4. The Balaban J connectivity index is 2.23. The third-order valence-corrected chi connectivity index (χ3v) is 7.03. The molecule has 1 aromatic rings. The Hall–Kier alpha value is -0.170. The van der Waals surface area contributed by atoms with E-state index in [-0.39, 0.29) is 11.0 Å². The zero-order valence-corrected chi connectivity index (χ0v) is 25.0. The van der Waals surface area contributed by atoms with Crippen LogP contribution in [-0.4, -0.2) is 21.0 Å². The highest BCUT2D eigenvalue weighted by Crippen LogP contribution is 2.30. The Morgan fingerprint density at radius 2 is 1.37 bits per heavy atom. The van der Waals surface area contributed by atoms with Crippen LogP contribution < -0.4 is 16.0 Å². The lowest BCUT2D eigenvalue weighted by Gasteiger charge is -2.28. The summed E-state index contributed by atoms with van der Waals surface area (Å²) in [6.45, 7) is 2.25. The molecule has 1 rings (SSSR count). The van der Waals surface area contributed by atoms with Crippen molar-refractivity contribution in [1.29, 1.82) is 0 Å². The predicted octanol–water partition coefficient (Wildman–Crippen LogP) is 9.57. The lowest BCUT2D eigenvalue weighted by Crippen LogP contribution is -2.56. The van der Waals surface area contributed by atoms with Crippen molar-refractivity contribution in [1.82, 2.24) is 10.6 Å². The molecule has 0 fully saturated rings. The lowest BCUT2D eigenvalue weighted by molar-refractivity contribution is -0.122. The summed E-state index contributed by atoms with van der Waals surface area (Å²) in [6.07, 6.45) is 15.5. The van der Waals surface area contributed by atoms with Crippen molar-refractivity contribution < 1.29 is 4.79 Å². The first kappa shape index (κ1) is 32.9. The highest BCUT2D eigenvalue weighted by atomic mass is 35.6. The summed E-state index contributed by atoms with van der Waals surface area (Å²) in [6, 6.07) is 4.92. The summed E-state index contributed by atoms with van der Waals surface area (Å²) < 4.78 is -1.81. The molecule has 1 atom stereocenters. The Kier molecular flexibility index (Phi) is 17.8. The SMILES string of the molecule is CCCCCCCCCCCCCCCC(=O)NC(NC(=S)Nc1cc(Cl)ccc1Cl)C(Cl)(Cl)Cl. The van der Waals surface area contributed by atoms with Crippen LogP contribution in [0.25, 0.3) is 0 Å². The topological polar surface area (TPSA) is 53.2 Å². The van der Waals surface area contributed by atoms with Gasteiger partial charge in [-0.15, -0.1) is 0 Å². The summed E-state index contributed by atoms with van der Waals surface area (Å²) in [5.74, 6) is -0.208. The van der Waals surface area contributed by atoms with E-state index < -0.39 is 9.96 Å². The van der Waals surface area contributed by atoms with Gasteiger partial charge in [-0.1, -0.05) is 142 Å². The molecule has 1 unspecified atom stereocenters. The molecule has 0 heterocycles. The third-order valence-electron chi connectivity index (χ3n) is 5.59. The summed E-state index contributed by atoms with van der Waals surface area (Å²) in [4.78, 5) is 12.4. The maximum Gasteiger partial charge on any atom is 0.228 e. The van der Waals surface area contributed by atoms with E-state index in [1.54, 1.807) is 18.2 Å². The molecule has 1 aromatic carbocycles. The van der Waals surface area contributed by atoms with E-state index in [1.165, 1.54) is 64.2 Å². The molecule has 10 heteroatoms. The Labute approximate surface area is 241 Å². The van der Waals surface area contributed by atoms with Gasteiger partial charge in [-0.3, -0.25) is 4.79 Å². The summed E-state index contributed by atoms with van der Waals surface area (Å²) >= 11 is 35.6. The van der Waals surface area contributed by atoms with Crippen molar-refractivity contribution in [3.63, 3.8) is 0 Å². The first-order valence-corrected chi connectivity index (χ1v) is 14.8. The first-order valence-electron chi connectivity index (χ1n) is 12.5. The average Bonchev–Trinajstić information content (AvgIpc) is 2.78. The number of alkyl halides is 3. The van der Waals surface area contributed by atoms with E-state index in [4.69, 9.17) is 70.2 Å². The number of carbonyl (C=O) groups is 1. The number of hydrogen-bond donors (Lipinski definition) is 3. The average molecular weight is 606 g/mol. The van der Waals surface area contributed by atoms with Crippen molar-refractivity contribution in [2.24, 2.45) is 0 Å². The van der Waals surface area contributed by atoms with Crippen molar-refractivity contribution in [3.8, 4) is 0 Å². The Bertz CT molecular complexity index is 761. The second-order valence-electron chi connectivity index (χ2n) is 8.76. The highest BCUT2D eigenvalue weighted by Gasteiger charge is 2.34. The van der Waals surface area contributed by atoms with Gasteiger partial charge in [0.1, 0.15) is 6.17 Å². The summed E-state index contributed by atoms with van der Waals surface area (Å²) in [5, 5.41) is 9.48. The minimum absolute atomic E-state index is 0.131. The second kappa shape index (κ2) is 19.0. The molecule has 3 N–H and O–H groups in total. The van der Waals surface area contributed by atoms with Crippen LogP contribution in [0.15, 0.2) is 18.2 Å². The summed E-state index contributed by atoms with van der Waals surface area (Å²) in [5.41, 5.74) is 0.498. The molecule has 0 saturated heterocycles. The molecule has 0 radical (unpaired) electrons. The van der Waals surface area contributed by atoms with Crippen molar-refractivity contribution >= 4 is 86.9 Å². The molecular formula is C25H38Cl5N3OS. The first-order chi connectivity index (χ1) is 16.6. The van der Waals surface area contributed by atoms with Crippen molar-refractivity contribution in [3.05, 3.63) is 28.2 Å². The Morgan fingerprint density at radius 3 is 1.89 bits per heavy atom. The molecular weight excluding hydrogens is 568 g/mol. The molecule has 0 aliphatic heterocycles. The number of halogens is 5. The molecule has 4 nitrogen and oxygen atoms in total. The summed E-state index contributed by atoms with van der Waals surface area (Å²) in [7, 11) is 0. The molecule has 0 spiro atoms. The minimum atomic E-state index is -1.81. The van der Waals surface area contributed by atoms with E-state index in [9.17, 15) is 4.79 Å². The molecule has 0 aliphatic rings. The van der Waals surface area contributed by atoms with E-state index in [0.717, 1.165) is 19.3 Å². The number of carbonyl (C=O) groups excluding carboxylic acids is 1. The number of nitrogens with one attached hydrogen (secondary N) is 3. The normalized spacial score (nSPS) is 12.3. The monoisotopic (exact) mass is 603 g/mol. The number of thiocarbonyl (C=S) groups is 1. The molecule has 0 bridgehead atoms. The fraction of sp³-hybridized carbons (Fsp3) is 0.680. The van der Waals surface area contributed by atoms with Crippen molar-refractivity contribution in [2.75, 3.05) is 5.32 Å². The number of unbranched alkanes of at least 4 members (excludes halogenated alkanes) is 12. The fourth-order valence-corrected chi connectivity index (χ4v) is 4.51. The van der Waals surface area contributed by atoms with E-state index in [2.05, 4.69) is 22.9 Å². The molecule has 1 amide bonds. The van der Waals surface area contributed by atoms with Crippen LogP contribution in [0.1, 0.15) is 96.8 Å². The van der Waals surface area contributed by atoms with Crippen LogP contribution >= 0.6 is 70.2 Å². The fourth-order valence-electron chi connectivity index (χ4n) is 3.62. The molecule has 0 aromatic heterocycles. The van der Waals surface area contributed by atoms with Gasteiger partial charge in [-0.25, -0.2) is 0 Å². The van der Waals surface area contributed by atoms with Gasteiger partial charge in [-0.2, -0.15) is 0 Å². The molecule has 0 aliphatic carbocycles. The third kappa shape index (κ3) is 16.3. The number of rotatable bonds is 17. The smallest absolute Gasteiger partial charge is 0.228 e. The van der Waals surface area contributed by atoms with Crippen molar-refractivity contribution in [2.45, 2.75) is 107 Å². The van der Waals surface area contributed by atoms with Gasteiger partial charge in [0.2, 0.25) is 9.70 Å². The highest BCUT2D eigenvalue weighted by molar-refractivity contribution is 7.80. The predicted molar refractivity (Wildman–Crippen MR) is 158 cm³/mol. The zero-order valence-electron chi connectivity index (χ0n) is 20.4. The van der Waals surface area contributed by atoms with Gasteiger partial charge in [-0.05, 0) is 36.8 Å². The lowest BCUT2D eigenvalue weighted by atomic mass is 10.0. The van der Waals surface area contributed by atoms with Gasteiger partial charge >= 0.3 is 0 Å². The van der Waals surface area contributed by atoms with Crippen LogP contribution in [0.3, 0.4) is 0 Å². The largest absolute Gasteiger partial charge is 0.339 e. The number of amides is 1. The van der Waals surface area contributed by atoms with Gasteiger partial charge in [0.25, 0.3) is 0 Å². The molecule has 0 saturated carbocycles.